The Hall–Kier alpha value is -3.60. The van der Waals surface area contributed by atoms with E-state index in [1.165, 1.54) is 0 Å². The van der Waals surface area contributed by atoms with Crippen molar-refractivity contribution in [2.75, 3.05) is 16.0 Å². The molecule has 27 heavy (non-hydrogen) atoms. The van der Waals surface area contributed by atoms with Gasteiger partial charge in [-0.3, -0.25) is 9.59 Å². The summed E-state index contributed by atoms with van der Waals surface area (Å²) in [6.07, 6.45) is 0. The van der Waals surface area contributed by atoms with Gasteiger partial charge in [0, 0.05) is 22.7 Å². The van der Waals surface area contributed by atoms with Gasteiger partial charge in [-0.15, -0.1) is 0 Å². The highest BCUT2D eigenvalue weighted by Crippen LogP contribution is 2.19. The molecule has 5 nitrogen and oxygen atoms in total. The Balaban J connectivity index is 1.59. The number of hydrogen-bond acceptors (Lipinski definition) is 3. The van der Waals surface area contributed by atoms with E-state index in [0.29, 0.717) is 11.4 Å². The van der Waals surface area contributed by atoms with Crippen LogP contribution < -0.4 is 16.0 Å². The lowest BCUT2D eigenvalue weighted by atomic mass is 10.1. The van der Waals surface area contributed by atoms with Crippen molar-refractivity contribution < 1.29 is 9.59 Å². The first kappa shape index (κ1) is 18.2. The maximum absolute atomic E-state index is 12.1. The van der Waals surface area contributed by atoms with Crippen molar-refractivity contribution in [3.05, 3.63) is 83.9 Å². The van der Waals surface area contributed by atoms with E-state index in [9.17, 15) is 9.59 Å². The monoisotopic (exact) mass is 359 g/mol. The predicted octanol–water partition coefficient (Wildman–Crippen LogP) is 4.62. The molecule has 0 heterocycles. The predicted molar refractivity (Wildman–Crippen MR) is 109 cm³/mol. The van der Waals surface area contributed by atoms with Crippen molar-refractivity contribution in [2.24, 2.45) is 0 Å². The van der Waals surface area contributed by atoms with E-state index in [2.05, 4.69) is 16.0 Å². The third kappa shape index (κ3) is 4.95. The quantitative estimate of drug-likeness (QED) is 0.595. The fourth-order valence-corrected chi connectivity index (χ4v) is 2.65. The van der Waals surface area contributed by atoms with Gasteiger partial charge in [-0.2, -0.15) is 0 Å². The van der Waals surface area contributed by atoms with Crippen molar-refractivity contribution >= 4 is 34.6 Å². The smallest absolute Gasteiger partial charge is 0.314 e. The van der Waals surface area contributed by atoms with Crippen LogP contribution >= 0.6 is 0 Å². The Morgan fingerprint density at radius 1 is 0.667 bits per heavy atom. The van der Waals surface area contributed by atoms with Crippen molar-refractivity contribution in [2.45, 2.75) is 13.8 Å². The SMILES string of the molecule is Cc1ccc(NC(=O)C(=O)Nc2ccc(Nc3ccccc3)cc2)c(C)c1. The summed E-state index contributed by atoms with van der Waals surface area (Å²) in [4.78, 5) is 24.3. The molecule has 0 radical (unpaired) electrons. The van der Waals surface area contributed by atoms with E-state index in [4.69, 9.17) is 0 Å². The summed E-state index contributed by atoms with van der Waals surface area (Å²) in [6, 6.07) is 22.6. The van der Waals surface area contributed by atoms with Crippen molar-refractivity contribution in [1.29, 1.82) is 0 Å². The van der Waals surface area contributed by atoms with Crippen LogP contribution in [0, 0.1) is 13.8 Å². The first-order valence-corrected chi connectivity index (χ1v) is 8.63. The zero-order chi connectivity index (χ0) is 19.2. The van der Waals surface area contributed by atoms with Crippen molar-refractivity contribution in [3.8, 4) is 0 Å². The molecule has 0 aliphatic carbocycles. The Morgan fingerprint density at radius 2 is 1.26 bits per heavy atom. The molecule has 3 aromatic rings. The summed E-state index contributed by atoms with van der Waals surface area (Å²) >= 11 is 0. The summed E-state index contributed by atoms with van der Waals surface area (Å²) in [5.74, 6) is -1.41. The second-order valence-electron chi connectivity index (χ2n) is 6.29. The average Bonchev–Trinajstić information content (AvgIpc) is 2.66. The second kappa shape index (κ2) is 8.19. The summed E-state index contributed by atoms with van der Waals surface area (Å²) in [5.41, 5.74) is 5.05. The lowest BCUT2D eigenvalue weighted by Crippen LogP contribution is -2.29. The molecule has 0 fully saturated rings. The minimum absolute atomic E-state index is 0.550. The highest BCUT2D eigenvalue weighted by molar-refractivity contribution is 6.43. The molecule has 0 saturated carbocycles. The van der Waals surface area contributed by atoms with Crippen LogP contribution in [0.1, 0.15) is 11.1 Å². The van der Waals surface area contributed by atoms with Gasteiger partial charge < -0.3 is 16.0 Å². The Bertz CT molecular complexity index is 951. The molecule has 0 aliphatic heterocycles. The fraction of sp³-hybridized carbons (Fsp3) is 0.0909. The Morgan fingerprint density at radius 3 is 1.93 bits per heavy atom. The molecule has 0 spiro atoms. The van der Waals surface area contributed by atoms with Gasteiger partial charge in [0.2, 0.25) is 0 Å². The van der Waals surface area contributed by atoms with Crippen LogP contribution in [0.5, 0.6) is 0 Å². The van der Waals surface area contributed by atoms with Crippen LogP contribution in [-0.2, 0) is 9.59 Å². The number of rotatable bonds is 4. The number of hydrogen-bond donors (Lipinski definition) is 3. The van der Waals surface area contributed by atoms with Gasteiger partial charge in [-0.05, 0) is 61.9 Å². The van der Waals surface area contributed by atoms with E-state index in [0.717, 1.165) is 22.5 Å². The van der Waals surface area contributed by atoms with Gasteiger partial charge >= 0.3 is 11.8 Å². The van der Waals surface area contributed by atoms with Crippen molar-refractivity contribution in [3.63, 3.8) is 0 Å². The average molecular weight is 359 g/mol. The molecular weight excluding hydrogens is 338 g/mol. The number of para-hydroxylation sites is 1. The zero-order valence-corrected chi connectivity index (χ0v) is 15.2. The number of benzene rings is 3. The number of carbonyl (C=O) groups is 2. The molecule has 2 amide bonds. The molecule has 3 rings (SSSR count). The maximum atomic E-state index is 12.1. The Kier molecular flexibility index (Phi) is 5.52. The molecule has 0 atom stereocenters. The van der Waals surface area contributed by atoms with Gasteiger partial charge in [0.15, 0.2) is 0 Å². The van der Waals surface area contributed by atoms with Crippen LogP contribution in [0.3, 0.4) is 0 Å². The first-order valence-electron chi connectivity index (χ1n) is 8.63. The van der Waals surface area contributed by atoms with Crippen LogP contribution in [0.2, 0.25) is 0 Å². The topological polar surface area (TPSA) is 70.2 Å². The van der Waals surface area contributed by atoms with E-state index in [1.54, 1.807) is 18.2 Å². The molecule has 136 valence electrons. The Labute approximate surface area is 158 Å². The maximum Gasteiger partial charge on any atom is 0.314 e. The van der Waals surface area contributed by atoms with Crippen LogP contribution in [0.25, 0.3) is 0 Å². The molecule has 5 heteroatoms. The van der Waals surface area contributed by atoms with Gasteiger partial charge in [0.25, 0.3) is 0 Å². The number of carbonyl (C=O) groups excluding carboxylic acids is 2. The minimum Gasteiger partial charge on any atom is -0.356 e. The standard InChI is InChI=1S/C22H21N3O2/c1-15-8-13-20(16(2)14-15)25-22(27)21(26)24-19-11-9-18(10-12-19)23-17-6-4-3-5-7-17/h3-14,23H,1-2H3,(H,24,26)(H,25,27). The summed E-state index contributed by atoms with van der Waals surface area (Å²) in [6.45, 7) is 3.86. The molecule has 0 bridgehead atoms. The highest BCUT2D eigenvalue weighted by atomic mass is 16.2. The lowest BCUT2D eigenvalue weighted by molar-refractivity contribution is -0.133. The summed E-state index contributed by atoms with van der Waals surface area (Å²) in [7, 11) is 0. The van der Waals surface area contributed by atoms with Gasteiger partial charge in [0.1, 0.15) is 0 Å². The van der Waals surface area contributed by atoms with E-state index >= 15 is 0 Å². The highest BCUT2D eigenvalue weighted by Gasteiger charge is 2.15. The van der Waals surface area contributed by atoms with Crippen LogP contribution in [-0.4, -0.2) is 11.8 Å². The van der Waals surface area contributed by atoms with Crippen LogP contribution in [0.15, 0.2) is 72.8 Å². The third-order valence-electron chi connectivity index (χ3n) is 4.04. The summed E-state index contributed by atoms with van der Waals surface area (Å²) < 4.78 is 0. The van der Waals surface area contributed by atoms with Crippen LogP contribution in [0.4, 0.5) is 22.7 Å². The second-order valence-corrected chi connectivity index (χ2v) is 6.29. The lowest BCUT2D eigenvalue weighted by Gasteiger charge is -2.10. The number of amides is 2. The summed E-state index contributed by atoms with van der Waals surface area (Å²) in [5, 5.41) is 8.50. The van der Waals surface area contributed by atoms with E-state index < -0.39 is 11.8 Å². The van der Waals surface area contributed by atoms with E-state index in [1.807, 2.05) is 68.4 Å². The number of aryl methyl sites for hydroxylation is 2. The van der Waals surface area contributed by atoms with Gasteiger partial charge in [-0.1, -0.05) is 35.9 Å². The van der Waals surface area contributed by atoms with Crippen molar-refractivity contribution in [1.82, 2.24) is 0 Å². The first-order chi connectivity index (χ1) is 13.0. The number of nitrogens with one attached hydrogen (secondary N) is 3. The van der Waals surface area contributed by atoms with E-state index in [-0.39, 0.29) is 0 Å². The number of anilines is 4. The fourth-order valence-electron chi connectivity index (χ4n) is 2.65. The molecular formula is C22H21N3O2. The molecule has 0 unspecified atom stereocenters. The third-order valence-corrected chi connectivity index (χ3v) is 4.04. The molecule has 3 N–H and O–H groups in total. The van der Waals surface area contributed by atoms with Gasteiger partial charge in [-0.25, -0.2) is 0 Å². The molecule has 3 aromatic carbocycles. The minimum atomic E-state index is -0.709. The normalized spacial score (nSPS) is 10.1. The largest absolute Gasteiger partial charge is 0.356 e. The molecule has 0 saturated heterocycles. The van der Waals surface area contributed by atoms with Gasteiger partial charge in [0.05, 0.1) is 0 Å². The molecule has 0 aromatic heterocycles. The zero-order valence-electron chi connectivity index (χ0n) is 15.2. The molecule has 0 aliphatic rings.